The van der Waals surface area contributed by atoms with Crippen LogP contribution in [0.3, 0.4) is 0 Å². The molecule has 2 unspecified atom stereocenters. The van der Waals surface area contributed by atoms with Gasteiger partial charge in [-0.1, -0.05) is 54.2 Å². The summed E-state index contributed by atoms with van der Waals surface area (Å²) in [5.41, 5.74) is 3.40. The third-order valence-corrected chi connectivity index (χ3v) is 4.70. The normalized spacial score (nSPS) is 15.7. The molecule has 0 radical (unpaired) electrons. The number of nitrogens with zero attached hydrogens (tertiary/aromatic N) is 1. The van der Waals surface area contributed by atoms with Crippen molar-refractivity contribution in [3.8, 4) is 41.6 Å². The van der Waals surface area contributed by atoms with Crippen molar-refractivity contribution in [3.63, 3.8) is 0 Å². The molecule has 1 saturated heterocycles. The number of rotatable bonds is 5. The smallest absolute Gasteiger partial charge is 0.159 e. The number of hydrogen-bond acceptors (Lipinski definition) is 4. The van der Waals surface area contributed by atoms with E-state index in [1.165, 1.54) is 0 Å². The molecule has 0 saturated carbocycles. The average Bonchev–Trinajstić information content (AvgIpc) is 2.82. The van der Waals surface area contributed by atoms with E-state index in [0.717, 1.165) is 36.0 Å². The molecule has 31 heavy (non-hydrogen) atoms. The Bertz CT molecular complexity index is 1110. The number of methoxy groups -OCH3 is 1. The Balaban J connectivity index is 1.89. The second-order valence-electron chi connectivity index (χ2n) is 6.87. The van der Waals surface area contributed by atoms with Gasteiger partial charge >= 0.3 is 0 Å². The number of nitriles is 1. The predicted molar refractivity (Wildman–Crippen MR) is 118 cm³/mol. The first-order valence-corrected chi connectivity index (χ1v) is 10.2. The molecule has 2 atom stereocenters. The SMILES string of the molecule is COCc1ccccc1C#CC#CC(OC1CCCCO1)c1ccccc1C#CC#N. The van der Waals surface area contributed by atoms with Crippen LogP contribution >= 0.6 is 0 Å². The van der Waals surface area contributed by atoms with Crippen molar-refractivity contribution < 1.29 is 14.2 Å². The Hall–Kier alpha value is -3.51. The molecule has 1 aliphatic rings. The van der Waals surface area contributed by atoms with Gasteiger partial charge in [-0.3, -0.25) is 0 Å². The summed E-state index contributed by atoms with van der Waals surface area (Å²) >= 11 is 0. The van der Waals surface area contributed by atoms with Gasteiger partial charge < -0.3 is 14.2 Å². The largest absolute Gasteiger partial charge is 0.380 e. The molecule has 0 N–H and O–H groups in total. The fourth-order valence-electron chi connectivity index (χ4n) is 3.21. The highest BCUT2D eigenvalue weighted by molar-refractivity contribution is 5.48. The van der Waals surface area contributed by atoms with E-state index in [9.17, 15) is 0 Å². The molecule has 2 aromatic rings. The summed E-state index contributed by atoms with van der Waals surface area (Å²) < 4.78 is 17.1. The molecule has 3 rings (SSSR count). The van der Waals surface area contributed by atoms with Crippen molar-refractivity contribution in [1.29, 1.82) is 5.26 Å². The molecule has 4 heteroatoms. The van der Waals surface area contributed by atoms with Crippen LogP contribution < -0.4 is 0 Å². The summed E-state index contributed by atoms with van der Waals surface area (Å²) in [5, 5.41) is 8.83. The van der Waals surface area contributed by atoms with Gasteiger partial charge in [-0.05, 0) is 48.8 Å². The molecule has 0 aliphatic carbocycles. The maximum Gasteiger partial charge on any atom is 0.159 e. The minimum atomic E-state index is -0.559. The topological polar surface area (TPSA) is 51.5 Å². The average molecular weight is 409 g/mol. The van der Waals surface area contributed by atoms with Crippen LogP contribution in [0.4, 0.5) is 0 Å². The molecule has 0 aromatic heterocycles. The van der Waals surface area contributed by atoms with Crippen molar-refractivity contribution in [1.82, 2.24) is 0 Å². The van der Waals surface area contributed by atoms with Crippen LogP contribution in [-0.4, -0.2) is 20.0 Å². The Kier molecular flexibility index (Phi) is 8.76. The van der Waals surface area contributed by atoms with Crippen LogP contribution in [0.5, 0.6) is 0 Å². The van der Waals surface area contributed by atoms with E-state index in [2.05, 4.69) is 35.5 Å². The van der Waals surface area contributed by atoms with Crippen LogP contribution in [0.1, 0.15) is 47.6 Å². The monoisotopic (exact) mass is 409 g/mol. The number of ether oxygens (including phenoxy) is 3. The van der Waals surface area contributed by atoms with Gasteiger partial charge in [0.05, 0.1) is 6.61 Å². The molecular formula is C27H23NO3. The fourth-order valence-corrected chi connectivity index (χ4v) is 3.21. The van der Waals surface area contributed by atoms with E-state index in [0.29, 0.717) is 18.8 Å². The molecule has 154 valence electrons. The van der Waals surface area contributed by atoms with E-state index >= 15 is 0 Å². The molecule has 4 nitrogen and oxygen atoms in total. The first-order chi connectivity index (χ1) is 15.3. The van der Waals surface area contributed by atoms with E-state index in [4.69, 9.17) is 19.5 Å². The van der Waals surface area contributed by atoms with Crippen molar-refractivity contribution in [3.05, 3.63) is 70.8 Å². The fraction of sp³-hybridized carbons (Fsp3) is 0.296. The highest BCUT2D eigenvalue weighted by Gasteiger charge is 2.21. The first-order valence-electron chi connectivity index (χ1n) is 10.2. The zero-order chi connectivity index (χ0) is 21.7. The lowest BCUT2D eigenvalue weighted by atomic mass is 10.0. The standard InChI is InChI=1S/C27H23NO3/c1-29-21-24-14-3-2-11-22(24)12-5-7-17-26(31-27-18-8-9-20-30-27)25-16-6-4-13-23(25)15-10-19-28/h2-4,6,11,13-14,16,26-27H,8-9,18,20-21H2,1H3. The Morgan fingerprint density at radius 3 is 2.55 bits per heavy atom. The van der Waals surface area contributed by atoms with E-state index < -0.39 is 6.10 Å². The quantitative estimate of drug-likeness (QED) is 0.689. The summed E-state index contributed by atoms with van der Waals surface area (Å²) in [5.74, 6) is 17.4. The van der Waals surface area contributed by atoms with E-state index in [-0.39, 0.29) is 6.29 Å². The minimum absolute atomic E-state index is 0.319. The van der Waals surface area contributed by atoms with Gasteiger partial charge in [0.1, 0.15) is 6.10 Å². The Morgan fingerprint density at radius 2 is 1.77 bits per heavy atom. The van der Waals surface area contributed by atoms with Gasteiger partial charge in [-0.25, -0.2) is 0 Å². The van der Waals surface area contributed by atoms with E-state index in [1.807, 2.05) is 54.6 Å². The van der Waals surface area contributed by atoms with Crippen LogP contribution in [0, 0.1) is 46.9 Å². The second-order valence-corrected chi connectivity index (χ2v) is 6.87. The van der Waals surface area contributed by atoms with Crippen molar-refractivity contribution in [2.45, 2.75) is 38.3 Å². The van der Waals surface area contributed by atoms with Crippen molar-refractivity contribution in [2.24, 2.45) is 0 Å². The lowest BCUT2D eigenvalue weighted by Gasteiger charge is -2.26. The second kappa shape index (κ2) is 12.2. The van der Waals surface area contributed by atoms with E-state index in [1.54, 1.807) is 7.11 Å². The lowest BCUT2D eigenvalue weighted by molar-refractivity contribution is -0.178. The van der Waals surface area contributed by atoms with Crippen molar-refractivity contribution >= 4 is 0 Å². The predicted octanol–water partition coefficient (Wildman–Crippen LogP) is 4.35. The lowest BCUT2D eigenvalue weighted by Crippen LogP contribution is -2.24. The van der Waals surface area contributed by atoms with Gasteiger partial charge in [-0.15, -0.1) is 0 Å². The molecule has 1 aliphatic heterocycles. The van der Waals surface area contributed by atoms with Crippen LogP contribution in [-0.2, 0) is 20.8 Å². The van der Waals surface area contributed by atoms with Gasteiger partial charge in [0.25, 0.3) is 0 Å². The number of hydrogen-bond donors (Lipinski definition) is 0. The molecule has 0 spiro atoms. The zero-order valence-electron chi connectivity index (χ0n) is 17.5. The Labute approximate surface area is 184 Å². The summed E-state index contributed by atoms with van der Waals surface area (Å²) in [7, 11) is 1.66. The number of benzene rings is 2. The third kappa shape index (κ3) is 6.76. The van der Waals surface area contributed by atoms with Crippen LogP contribution in [0.2, 0.25) is 0 Å². The molecule has 1 fully saturated rings. The third-order valence-electron chi connectivity index (χ3n) is 4.70. The first kappa shape index (κ1) is 22.2. The summed E-state index contributed by atoms with van der Waals surface area (Å²) in [4.78, 5) is 0. The highest BCUT2D eigenvalue weighted by Crippen LogP contribution is 2.25. The maximum atomic E-state index is 8.83. The summed E-state index contributed by atoms with van der Waals surface area (Å²) in [6, 6.07) is 17.2. The van der Waals surface area contributed by atoms with Gasteiger partial charge in [0, 0.05) is 36.3 Å². The van der Waals surface area contributed by atoms with Crippen LogP contribution in [0.25, 0.3) is 0 Å². The van der Waals surface area contributed by atoms with Gasteiger partial charge in [0.15, 0.2) is 12.4 Å². The molecular weight excluding hydrogens is 386 g/mol. The van der Waals surface area contributed by atoms with Gasteiger partial charge in [0.2, 0.25) is 0 Å². The molecule has 1 heterocycles. The molecule has 0 bridgehead atoms. The Morgan fingerprint density at radius 1 is 1.00 bits per heavy atom. The molecule has 0 amide bonds. The maximum absolute atomic E-state index is 8.83. The van der Waals surface area contributed by atoms with Crippen molar-refractivity contribution in [2.75, 3.05) is 13.7 Å². The van der Waals surface area contributed by atoms with Crippen LogP contribution in [0.15, 0.2) is 48.5 Å². The highest BCUT2D eigenvalue weighted by atomic mass is 16.7. The summed E-state index contributed by atoms with van der Waals surface area (Å²) in [6.07, 6.45) is 2.03. The van der Waals surface area contributed by atoms with Gasteiger partial charge in [-0.2, -0.15) is 5.26 Å². The zero-order valence-corrected chi connectivity index (χ0v) is 17.5. The summed E-state index contributed by atoms with van der Waals surface area (Å²) in [6.45, 7) is 1.17. The molecule has 2 aromatic carbocycles. The minimum Gasteiger partial charge on any atom is -0.380 e.